The first kappa shape index (κ1) is 8.17. The van der Waals surface area contributed by atoms with E-state index in [9.17, 15) is 4.21 Å². The standard InChI is InChI=1S/C6H13NO2S/c7-4-6(2-1-3-6)5-10(8)9/h1-5,7H2,(H,8,9). The molecule has 3 nitrogen and oxygen atoms in total. The molecule has 0 bridgehead atoms. The molecule has 0 aromatic carbocycles. The minimum absolute atomic E-state index is 0.0135. The van der Waals surface area contributed by atoms with Crippen LogP contribution in [0.5, 0.6) is 0 Å². The molecule has 0 amide bonds. The third kappa shape index (κ3) is 1.56. The summed E-state index contributed by atoms with van der Waals surface area (Å²) in [6.45, 7) is 0.555. The van der Waals surface area contributed by atoms with Crippen molar-refractivity contribution >= 4 is 11.1 Å². The summed E-state index contributed by atoms with van der Waals surface area (Å²) in [5.74, 6) is 0.365. The van der Waals surface area contributed by atoms with E-state index in [0.29, 0.717) is 12.3 Å². The molecule has 0 heterocycles. The van der Waals surface area contributed by atoms with Crippen LogP contribution in [0.3, 0.4) is 0 Å². The first-order valence-electron chi connectivity index (χ1n) is 3.46. The van der Waals surface area contributed by atoms with Crippen LogP contribution in [0.2, 0.25) is 0 Å². The molecule has 0 aliphatic heterocycles. The highest BCUT2D eigenvalue weighted by atomic mass is 32.2. The zero-order valence-corrected chi connectivity index (χ0v) is 6.69. The first-order valence-corrected chi connectivity index (χ1v) is 4.74. The molecule has 0 aromatic rings. The lowest BCUT2D eigenvalue weighted by Gasteiger charge is -2.39. The Morgan fingerprint density at radius 1 is 1.60 bits per heavy atom. The fourth-order valence-electron chi connectivity index (χ4n) is 1.35. The van der Waals surface area contributed by atoms with Crippen LogP contribution < -0.4 is 5.73 Å². The van der Waals surface area contributed by atoms with E-state index < -0.39 is 11.1 Å². The fraction of sp³-hybridized carbons (Fsp3) is 1.00. The third-order valence-electron chi connectivity index (χ3n) is 2.28. The van der Waals surface area contributed by atoms with Crippen molar-refractivity contribution in [3.8, 4) is 0 Å². The van der Waals surface area contributed by atoms with Gasteiger partial charge in [0.15, 0.2) is 11.1 Å². The van der Waals surface area contributed by atoms with Crippen LogP contribution in [0.1, 0.15) is 19.3 Å². The molecule has 0 spiro atoms. The van der Waals surface area contributed by atoms with E-state index in [1.54, 1.807) is 0 Å². The maximum Gasteiger partial charge on any atom is 0.153 e. The third-order valence-corrected chi connectivity index (χ3v) is 3.14. The molecule has 1 fully saturated rings. The molecule has 60 valence electrons. The smallest absolute Gasteiger partial charge is 0.153 e. The second-order valence-corrected chi connectivity index (χ2v) is 3.96. The van der Waals surface area contributed by atoms with Gasteiger partial charge in [-0.25, -0.2) is 4.21 Å². The van der Waals surface area contributed by atoms with Crippen LogP contribution in [0, 0.1) is 5.41 Å². The lowest BCUT2D eigenvalue weighted by atomic mass is 9.70. The Morgan fingerprint density at radius 2 is 2.20 bits per heavy atom. The van der Waals surface area contributed by atoms with Crippen LogP contribution in [0.15, 0.2) is 0 Å². The number of nitrogens with two attached hydrogens (primary N) is 1. The number of hydrogen-bond acceptors (Lipinski definition) is 2. The molecule has 1 rings (SSSR count). The Hall–Kier alpha value is 0.0700. The SMILES string of the molecule is NCC1(CS(=O)O)CCC1. The van der Waals surface area contributed by atoms with E-state index in [0.717, 1.165) is 19.3 Å². The molecule has 10 heavy (non-hydrogen) atoms. The Balaban J connectivity index is 2.40. The number of rotatable bonds is 3. The minimum atomic E-state index is -1.66. The average molecular weight is 163 g/mol. The molecule has 1 aliphatic carbocycles. The molecule has 0 radical (unpaired) electrons. The van der Waals surface area contributed by atoms with Crippen LogP contribution >= 0.6 is 0 Å². The van der Waals surface area contributed by atoms with Gasteiger partial charge < -0.3 is 10.3 Å². The molecule has 1 saturated carbocycles. The van der Waals surface area contributed by atoms with Crippen LogP contribution in [0.4, 0.5) is 0 Å². The predicted octanol–water partition coefficient (Wildman–Crippen LogP) is 0.337. The zero-order valence-electron chi connectivity index (χ0n) is 5.88. The highest BCUT2D eigenvalue weighted by molar-refractivity contribution is 7.79. The van der Waals surface area contributed by atoms with Gasteiger partial charge in [-0.05, 0) is 24.8 Å². The molecule has 1 atom stereocenters. The summed E-state index contributed by atoms with van der Waals surface area (Å²) in [4.78, 5) is 0. The fourth-order valence-corrected chi connectivity index (χ4v) is 2.28. The molecule has 0 aromatic heterocycles. The quantitative estimate of drug-likeness (QED) is 0.590. The van der Waals surface area contributed by atoms with Crippen molar-refractivity contribution in [1.82, 2.24) is 0 Å². The van der Waals surface area contributed by atoms with E-state index >= 15 is 0 Å². The van der Waals surface area contributed by atoms with Crippen LogP contribution in [-0.4, -0.2) is 21.1 Å². The van der Waals surface area contributed by atoms with Gasteiger partial charge in [0, 0.05) is 0 Å². The normalized spacial score (nSPS) is 25.4. The predicted molar refractivity (Wildman–Crippen MR) is 41.0 cm³/mol. The van der Waals surface area contributed by atoms with Crippen LogP contribution in [-0.2, 0) is 11.1 Å². The van der Waals surface area contributed by atoms with Gasteiger partial charge in [-0.15, -0.1) is 0 Å². The molecule has 1 aliphatic rings. The summed E-state index contributed by atoms with van der Waals surface area (Å²) >= 11 is -1.66. The van der Waals surface area contributed by atoms with E-state index in [-0.39, 0.29) is 5.41 Å². The van der Waals surface area contributed by atoms with Crippen LogP contribution in [0.25, 0.3) is 0 Å². The van der Waals surface area contributed by atoms with E-state index in [4.69, 9.17) is 10.3 Å². The average Bonchev–Trinajstić information content (AvgIpc) is 1.78. The topological polar surface area (TPSA) is 63.3 Å². The van der Waals surface area contributed by atoms with Crippen molar-refractivity contribution in [2.45, 2.75) is 19.3 Å². The lowest BCUT2D eigenvalue weighted by Crippen LogP contribution is -2.41. The van der Waals surface area contributed by atoms with Crippen molar-refractivity contribution in [3.05, 3.63) is 0 Å². The molecular weight excluding hydrogens is 150 g/mol. The van der Waals surface area contributed by atoms with E-state index in [1.165, 1.54) is 0 Å². The number of hydrogen-bond donors (Lipinski definition) is 2. The van der Waals surface area contributed by atoms with Gasteiger partial charge in [0.2, 0.25) is 0 Å². The zero-order chi connectivity index (χ0) is 7.61. The Bertz CT molecular complexity index is 139. The molecular formula is C6H13NO2S. The van der Waals surface area contributed by atoms with Crippen molar-refractivity contribution in [2.75, 3.05) is 12.3 Å². The molecule has 4 heteroatoms. The Kier molecular flexibility index (Phi) is 2.44. The van der Waals surface area contributed by atoms with Gasteiger partial charge in [0.05, 0.1) is 5.75 Å². The summed E-state index contributed by atoms with van der Waals surface area (Å²) in [6, 6.07) is 0. The summed E-state index contributed by atoms with van der Waals surface area (Å²) in [5, 5.41) is 0. The Labute approximate surface area is 63.3 Å². The van der Waals surface area contributed by atoms with Gasteiger partial charge in [-0.1, -0.05) is 6.42 Å². The van der Waals surface area contributed by atoms with Crippen molar-refractivity contribution in [3.63, 3.8) is 0 Å². The monoisotopic (exact) mass is 163 g/mol. The summed E-state index contributed by atoms with van der Waals surface area (Å²) in [6.07, 6.45) is 3.21. The maximum atomic E-state index is 10.4. The highest BCUT2D eigenvalue weighted by Gasteiger charge is 2.36. The highest BCUT2D eigenvalue weighted by Crippen LogP contribution is 2.40. The molecule has 3 N–H and O–H groups in total. The van der Waals surface area contributed by atoms with Gasteiger partial charge in [0.25, 0.3) is 0 Å². The van der Waals surface area contributed by atoms with Gasteiger partial charge in [-0.3, -0.25) is 0 Å². The largest absolute Gasteiger partial charge is 0.330 e. The first-order chi connectivity index (χ1) is 4.68. The van der Waals surface area contributed by atoms with E-state index in [1.807, 2.05) is 0 Å². The summed E-state index contributed by atoms with van der Waals surface area (Å²) in [7, 11) is 0. The van der Waals surface area contributed by atoms with Gasteiger partial charge in [-0.2, -0.15) is 0 Å². The van der Waals surface area contributed by atoms with Crippen molar-refractivity contribution in [1.29, 1.82) is 0 Å². The minimum Gasteiger partial charge on any atom is -0.330 e. The molecule has 1 unspecified atom stereocenters. The van der Waals surface area contributed by atoms with Crippen molar-refractivity contribution in [2.24, 2.45) is 11.1 Å². The maximum absolute atomic E-state index is 10.4. The Morgan fingerprint density at radius 3 is 2.30 bits per heavy atom. The summed E-state index contributed by atoms with van der Waals surface area (Å²) in [5.41, 5.74) is 5.49. The summed E-state index contributed by atoms with van der Waals surface area (Å²) < 4.78 is 19.0. The molecule has 0 saturated heterocycles. The van der Waals surface area contributed by atoms with Gasteiger partial charge in [0.1, 0.15) is 0 Å². The lowest BCUT2D eigenvalue weighted by molar-refractivity contribution is 0.176. The van der Waals surface area contributed by atoms with Crippen molar-refractivity contribution < 1.29 is 8.76 Å². The van der Waals surface area contributed by atoms with E-state index in [2.05, 4.69) is 0 Å². The van der Waals surface area contributed by atoms with Gasteiger partial charge >= 0.3 is 0 Å². The second kappa shape index (κ2) is 2.98. The second-order valence-electron chi connectivity index (χ2n) is 3.02.